The van der Waals surface area contributed by atoms with E-state index in [1.807, 2.05) is 27.7 Å². The summed E-state index contributed by atoms with van der Waals surface area (Å²) in [5, 5.41) is 2.83. The molecule has 0 radical (unpaired) electrons. The summed E-state index contributed by atoms with van der Waals surface area (Å²) in [5.41, 5.74) is 0.0190. The average Bonchev–Trinajstić information content (AvgIpc) is 2.54. The van der Waals surface area contributed by atoms with E-state index >= 15 is 0 Å². The van der Waals surface area contributed by atoms with Crippen LogP contribution in [0.15, 0.2) is 18.2 Å². The normalized spacial score (nSPS) is 19.8. The van der Waals surface area contributed by atoms with E-state index in [1.165, 1.54) is 6.07 Å². The molecule has 2 unspecified atom stereocenters. The molecule has 2 atom stereocenters. The van der Waals surface area contributed by atoms with Crippen molar-refractivity contribution in [3.8, 4) is 0 Å². The Morgan fingerprint density at radius 1 is 1.38 bits per heavy atom. The van der Waals surface area contributed by atoms with Gasteiger partial charge in [-0.3, -0.25) is 4.90 Å². The molecular weight excluding hydrogens is 338 g/mol. The number of nitrogens with zero attached hydrogens (tertiary/aromatic N) is 1. The Morgan fingerprint density at radius 3 is 2.73 bits per heavy atom. The van der Waals surface area contributed by atoms with Gasteiger partial charge in [-0.25, -0.2) is 13.6 Å². The molecule has 1 aliphatic rings. The number of hydrogen-bond donors (Lipinski definition) is 1. The first kappa shape index (κ1) is 20.6. The number of nitrogens with one attached hydrogen (secondary N) is 1. The van der Waals surface area contributed by atoms with Gasteiger partial charge in [0.25, 0.3) is 0 Å². The molecule has 0 aromatic heterocycles. The van der Waals surface area contributed by atoms with E-state index < -0.39 is 23.3 Å². The van der Waals surface area contributed by atoms with E-state index in [9.17, 15) is 13.6 Å². The zero-order valence-electron chi connectivity index (χ0n) is 16.1. The standard InChI is InChI=1S/C20H30F2N2O2/c1-5-18(16-9-8-15(21)11-17(16)22)24-10-6-7-14(13-24)12-23-19(25)26-20(2,3)4/h8-9,11,14,18H,5-7,10,12-13H2,1-4H3,(H,23,25). The summed E-state index contributed by atoms with van der Waals surface area (Å²) in [7, 11) is 0. The summed E-state index contributed by atoms with van der Waals surface area (Å²) < 4.78 is 32.7. The van der Waals surface area contributed by atoms with Gasteiger partial charge >= 0.3 is 6.09 Å². The highest BCUT2D eigenvalue weighted by atomic mass is 19.1. The smallest absolute Gasteiger partial charge is 0.407 e. The van der Waals surface area contributed by atoms with Gasteiger partial charge in [0.15, 0.2) is 0 Å². The number of likely N-dealkylation sites (tertiary alicyclic amines) is 1. The summed E-state index contributed by atoms with van der Waals surface area (Å²) in [6.45, 7) is 9.68. The van der Waals surface area contributed by atoms with Gasteiger partial charge in [0.05, 0.1) is 0 Å². The lowest BCUT2D eigenvalue weighted by Gasteiger charge is -2.38. The number of piperidine rings is 1. The van der Waals surface area contributed by atoms with E-state index in [0.717, 1.165) is 38.4 Å². The third kappa shape index (κ3) is 5.94. The number of carbonyl (C=O) groups is 1. The van der Waals surface area contributed by atoms with E-state index in [-0.39, 0.29) is 12.0 Å². The fourth-order valence-corrected chi connectivity index (χ4v) is 3.54. The van der Waals surface area contributed by atoms with Crippen molar-refractivity contribution in [2.75, 3.05) is 19.6 Å². The van der Waals surface area contributed by atoms with Crippen LogP contribution < -0.4 is 5.32 Å². The minimum Gasteiger partial charge on any atom is -0.444 e. The maximum atomic E-state index is 14.2. The van der Waals surface area contributed by atoms with Crippen molar-refractivity contribution in [2.45, 2.75) is 58.6 Å². The Labute approximate surface area is 154 Å². The number of benzene rings is 1. The zero-order chi connectivity index (χ0) is 19.3. The molecule has 6 heteroatoms. The number of alkyl carbamates (subject to hydrolysis) is 1. The molecule has 2 rings (SSSR count). The molecule has 1 aliphatic heterocycles. The van der Waals surface area contributed by atoms with Gasteiger partial charge in [0.1, 0.15) is 17.2 Å². The molecule has 1 heterocycles. The number of hydrogen-bond acceptors (Lipinski definition) is 3. The van der Waals surface area contributed by atoms with Crippen molar-refractivity contribution < 1.29 is 18.3 Å². The lowest BCUT2D eigenvalue weighted by molar-refractivity contribution is 0.0497. The number of carbonyl (C=O) groups excluding carboxylic acids is 1. The topological polar surface area (TPSA) is 41.6 Å². The maximum Gasteiger partial charge on any atom is 0.407 e. The fourth-order valence-electron chi connectivity index (χ4n) is 3.54. The molecule has 1 saturated heterocycles. The van der Waals surface area contributed by atoms with Crippen LogP contribution in [0, 0.1) is 17.6 Å². The Bertz CT molecular complexity index is 616. The van der Waals surface area contributed by atoms with Gasteiger partial charge in [-0.1, -0.05) is 13.0 Å². The van der Waals surface area contributed by atoms with Crippen LogP contribution in [0.2, 0.25) is 0 Å². The molecule has 0 saturated carbocycles. The number of amides is 1. The van der Waals surface area contributed by atoms with Crippen molar-refractivity contribution >= 4 is 6.09 Å². The van der Waals surface area contributed by atoms with Crippen molar-refractivity contribution in [1.29, 1.82) is 0 Å². The first-order chi connectivity index (χ1) is 12.2. The molecule has 0 aliphatic carbocycles. The monoisotopic (exact) mass is 368 g/mol. The highest BCUT2D eigenvalue weighted by molar-refractivity contribution is 5.67. The molecule has 4 nitrogen and oxygen atoms in total. The van der Waals surface area contributed by atoms with Gasteiger partial charge in [-0.15, -0.1) is 0 Å². The van der Waals surface area contributed by atoms with E-state index in [0.29, 0.717) is 12.1 Å². The minimum atomic E-state index is -0.556. The summed E-state index contributed by atoms with van der Waals surface area (Å²) in [6, 6.07) is 3.72. The van der Waals surface area contributed by atoms with Crippen molar-refractivity contribution in [3.63, 3.8) is 0 Å². The molecule has 1 aromatic carbocycles. The minimum absolute atomic E-state index is 0.0834. The molecule has 1 N–H and O–H groups in total. The lowest BCUT2D eigenvalue weighted by atomic mass is 9.93. The quantitative estimate of drug-likeness (QED) is 0.822. The van der Waals surface area contributed by atoms with Crippen LogP contribution in [0.25, 0.3) is 0 Å². The molecule has 1 amide bonds. The van der Waals surface area contributed by atoms with Crippen LogP contribution in [0.3, 0.4) is 0 Å². The van der Waals surface area contributed by atoms with Crippen LogP contribution >= 0.6 is 0 Å². The van der Waals surface area contributed by atoms with E-state index in [4.69, 9.17) is 4.74 Å². The SMILES string of the molecule is CCC(c1ccc(F)cc1F)N1CCCC(CNC(=O)OC(C)(C)C)C1. The Kier molecular flexibility index (Phi) is 6.98. The van der Waals surface area contributed by atoms with Crippen LogP contribution in [-0.2, 0) is 4.74 Å². The van der Waals surface area contributed by atoms with E-state index in [1.54, 1.807) is 6.07 Å². The fraction of sp³-hybridized carbons (Fsp3) is 0.650. The highest BCUT2D eigenvalue weighted by Gasteiger charge is 2.28. The van der Waals surface area contributed by atoms with Crippen LogP contribution in [0.4, 0.5) is 13.6 Å². The van der Waals surface area contributed by atoms with Gasteiger partial charge in [0, 0.05) is 30.8 Å². The van der Waals surface area contributed by atoms with E-state index in [2.05, 4.69) is 10.2 Å². The number of ether oxygens (including phenoxy) is 1. The van der Waals surface area contributed by atoms with Gasteiger partial charge < -0.3 is 10.1 Å². The second kappa shape index (κ2) is 8.80. The second-order valence-electron chi connectivity index (χ2n) is 7.98. The predicted molar refractivity (Wildman–Crippen MR) is 97.9 cm³/mol. The van der Waals surface area contributed by atoms with Crippen molar-refractivity contribution in [3.05, 3.63) is 35.4 Å². The third-order valence-corrected chi connectivity index (χ3v) is 4.63. The largest absolute Gasteiger partial charge is 0.444 e. The summed E-state index contributed by atoms with van der Waals surface area (Å²) in [5.74, 6) is -0.765. The second-order valence-corrected chi connectivity index (χ2v) is 7.98. The predicted octanol–water partition coefficient (Wildman–Crippen LogP) is 4.65. The summed E-state index contributed by atoms with van der Waals surface area (Å²) in [6.07, 6.45) is 2.33. The zero-order valence-corrected chi connectivity index (χ0v) is 16.1. The Balaban J connectivity index is 1.96. The summed E-state index contributed by atoms with van der Waals surface area (Å²) >= 11 is 0. The van der Waals surface area contributed by atoms with Crippen LogP contribution in [0.1, 0.15) is 58.6 Å². The van der Waals surface area contributed by atoms with Gasteiger partial charge in [-0.05, 0) is 58.6 Å². The van der Waals surface area contributed by atoms with Crippen molar-refractivity contribution in [2.24, 2.45) is 5.92 Å². The number of rotatable bonds is 5. The van der Waals surface area contributed by atoms with Crippen molar-refractivity contribution in [1.82, 2.24) is 10.2 Å². The highest BCUT2D eigenvalue weighted by Crippen LogP contribution is 2.31. The molecule has 1 fully saturated rings. The lowest BCUT2D eigenvalue weighted by Crippen LogP contribution is -2.43. The molecule has 0 spiro atoms. The first-order valence-corrected chi connectivity index (χ1v) is 9.35. The summed E-state index contributed by atoms with van der Waals surface area (Å²) in [4.78, 5) is 14.1. The van der Waals surface area contributed by atoms with Gasteiger partial charge in [0.2, 0.25) is 0 Å². The van der Waals surface area contributed by atoms with Gasteiger partial charge in [-0.2, -0.15) is 0 Å². The average molecular weight is 368 g/mol. The molecule has 1 aromatic rings. The maximum absolute atomic E-state index is 14.2. The van der Waals surface area contributed by atoms with Crippen LogP contribution in [-0.4, -0.2) is 36.2 Å². The Hall–Kier alpha value is -1.69. The molecule has 26 heavy (non-hydrogen) atoms. The first-order valence-electron chi connectivity index (χ1n) is 9.35. The van der Waals surface area contributed by atoms with Crippen LogP contribution in [0.5, 0.6) is 0 Å². The molecular formula is C20H30F2N2O2. The number of halogens is 2. The molecule has 0 bridgehead atoms. The Morgan fingerprint density at radius 2 is 2.12 bits per heavy atom. The third-order valence-electron chi connectivity index (χ3n) is 4.63. The molecule has 146 valence electrons.